The zero-order valence-electron chi connectivity index (χ0n) is 10.6. The number of nitrogens with one attached hydrogen (secondary N) is 2. The first-order valence-corrected chi connectivity index (χ1v) is 6.80. The Morgan fingerprint density at radius 1 is 1.10 bits per heavy atom. The monoisotopic (exact) mass is 309 g/mol. The highest BCUT2D eigenvalue weighted by atomic mass is 35.5. The number of carbonyl (C=O) groups is 1. The van der Waals surface area contributed by atoms with Crippen molar-refractivity contribution in [3.8, 4) is 0 Å². The van der Waals surface area contributed by atoms with Crippen LogP contribution in [0.25, 0.3) is 0 Å². The lowest BCUT2D eigenvalue weighted by molar-refractivity contribution is -0.120. The highest BCUT2D eigenvalue weighted by molar-refractivity contribution is 6.38. The zero-order valence-corrected chi connectivity index (χ0v) is 12.1. The molecule has 0 bridgehead atoms. The number of aryl methyl sites for hydroxylation is 1. The largest absolute Gasteiger partial charge is 0.295 e. The second-order valence-corrected chi connectivity index (χ2v) is 4.95. The Morgan fingerprint density at radius 2 is 1.75 bits per heavy atom. The molecule has 0 aliphatic carbocycles. The van der Waals surface area contributed by atoms with Gasteiger partial charge in [-0.2, -0.15) is 0 Å². The molecule has 1 amide bonds. The summed E-state index contributed by atoms with van der Waals surface area (Å²) in [4.78, 5) is 15.6. The van der Waals surface area contributed by atoms with Crippen LogP contribution in [0.2, 0.25) is 10.0 Å². The van der Waals surface area contributed by atoms with Crippen LogP contribution in [0.15, 0.2) is 42.7 Å². The third kappa shape index (κ3) is 4.11. The minimum Gasteiger partial charge on any atom is -0.295 e. The fourth-order valence-electron chi connectivity index (χ4n) is 1.63. The van der Waals surface area contributed by atoms with Crippen LogP contribution in [-0.2, 0) is 11.2 Å². The van der Waals surface area contributed by atoms with Gasteiger partial charge in [0.1, 0.15) is 0 Å². The Morgan fingerprint density at radius 3 is 2.40 bits per heavy atom. The van der Waals surface area contributed by atoms with E-state index in [0.29, 0.717) is 28.6 Å². The second kappa shape index (κ2) is 7.12. The van der Waals surface area contributed by atoms with Crippen LogP contribution in [0.1, 0.15) is 12.0 Å². The Balaban J connectivity index is 1.84. The van der Waals surface area contributed by atoms with E-state index in [2.05, 4.69) is 15.8 Å². The van der Waals surface area contributed by atoms with Crippen molar-refractivity contribution in [1.82, 2.24) is 10.4 Å². The first-order valence-electron chi connectivity index (χ1n) is 6.04. The molecule has 4 nitrogen and oxygen atoms in total. The van der Waals surface area contributed by atoms with Crippen molar-refractivity contribution in [3.63, 3.8) is 0 Å². The SMILES string of the molecule is O=C(CCc1ccccc1)NNc1c(Cl)cncc1Cl. The summed E-state index contributed by atoms with van der Waals surface area (Å²) < 4.78 is 0. The highest BCUT2D eigenvalue weighted by Gasteiger charge is 2.07. The molecule has 0 fully saturated rings. The molecule has 2 N–H and O–H groups in total. The van der Waals surface area contributed by atoms with Crippen LogP contribution in [0.5, 0.6) is 0 Å². The number of hydrazine groups is 1. The summed E-state index contributed by atoms with van der Waals surface area (Å²) in [6, 6.07) is 9.80. The van der Waals surface area contributed by atoms with Gasteiger partial charge in [0.2, 0.25) is 5.91 Å². The van der Waals surface area contributed by atoms with Crippen molar-refractivity contribution in [2.24, 2.45) is 0 Å². The van der Waals surface area contributed by atoms with Gasteiger partial charge >= 0.3 is 0 Å². The van der Waals surface area contributed by atoms with E-state index >= 15 is 0 Å². The molecule has 0 atom stereocenters. The van der Waals surface area contributed by atoms with E-state index < -0.39 is 0 Å². The summed E-state index contributed by atoms with van der Waals surface area (Å²) in [5.41, 5.74) is 6.83. The van der Waals surface area contributed by atoms with Crippen molar-refractivity contribution < 1.29 is 4.79 Å². The number of carbonyl (C=O) groups excluding carboxylic acids is 1. The number of benzene rings is 1. The number of hydrogen-bond acceptors (Lipinski definition) is 3. The molecule has 0 aliphatic rings. The number of anilines is 1. The normalized spacial score (nSPS) is 10.1. The van der Waals surface area contributed by atoms with Crippen molar-refractivity contribution in [3.05, 3.63) is 58.3 Å². The number of hydrogen-bond donors (Lipinski definition) is 2. The summed E-state index contributed by atoms with van der Waals surface area (Å²) in [6.07, 6.45) is 3.95. The molecular weight excluding hydrogens is 297 g/mol. The number of rotatable bonds is 5. The van der Waals surface area contributed by atoms with Gasteiger partial charge < -0.3 is 0 Å². The van der Waals surface area contributed by atoms with E-state index in [4.69, 9.17) is 23.2 Å². The number of nitrogens with zero attached hydrogens (tertiary/aromatic N) is 1. The molecule has 20 heavy (non-hydrogen) atoms. The molecular formula is C14H13Cl2N3O. The number of halogens is 2. The lowest BCUT2D eigenvalue weighted by atomic mass is 10.1. The molecule has 0 saturated carbocycles. The van der Waals surface area contributed by atoms with E-state index in [1.807, 2.05) is 30.3 Å². The van der Waals surface area contributed by atoms with E-state index in [-0.39, 0.29) is 5.91 Å². The highest BCUT2D eigenvalue weighted by Crippen LogP contribution is 2.27. The van der Waals surface area contributed by atoms with Gasteiger partial charge in [0.15, 0.2) is 0 Å². The molecule has 0 aliphatic heterocycles. The average Bonchev–Trinajstić information content (AvgIpc) is 2.46. The fourth-order valence-corrected chi connectivity index (χ4v) is 2.09. The summed E-state index contributed by atoms with van der Waals surface area (Å²) in [6.45, 7) is 0. The molecule has 2 rings (SSSR count). The van der Waals surface area contributed by atoms with Crippen LogP contribution >= 0.6 is 23.2 Å². The second-order valence-electron chi connectivity index (χ2n) is 4.14. The number of aromatic nitrogens is 1. The Bertz CT molecular complexity index is 570. The average molecular weight is 310 g/mol. The molecule has 1 aromatic heterocycles. The standard InChI is InChI=1S/C14H13Cl2N3O/c15-11-8-17-9-12(16)14(11)19-18-13(20)7-6-10-4-2-1-3-5-10/h1-5,8-9H,6-7H2,(H,17,19)(H,18,20). The maximum absolute atomic E-state index is 11.7. The Hall–Kier alpha value is -1.78. The molecule has 0 radical (unpaired) electrons. The summed E-state index contributed by atoms with van der Waals surface area (Å²) in [7, 11) is 0. The van der Waals surface area contributed by atoms with Crippen molar-refractivity contribution in [1.29, 1.82) is 0 Å². The minimum absolute atomic E-state index is 0.141. The van der Waals surface area contributed by atoms with Crippen molar-refractivity contribution >= 4 is 34.8 Å². The summed E-state index contributed by atoms with van der Waals surface area (Å²) in [5, 5.41) is 0.696. The number of pyridine rings is 1. The van der Waals surface area contributed by atoms with Crippen LogP contribution in [-0.4, -0.2) is 10.9 Å². The third-order valence-electron chi connectivity index (χ3n) is 2.66. The molecule has 104 valence electrons. The Labute approximate surface area is 127 Å². The third-order valence-corrected chi connectivity index (χ3v) is 3.24. The van der Waals surface area contributed by atoms with Gasteiger partial charge in [-0.15, -0.1) is 0 Å². The van der Waals surface area contributed by atoms with E-state index in [1.54, 1.807) is 0 Å². The lowest BCUT2D eigenvalue weighted by Crippen LogP contribution is -2.29. The van der Waals surface area contributed by atoms with E-state index in [9.17, 15) is 4.79 Å². The maximum atomic E-state index is 11.7. The summed E-state index contributed by atoms with van der Waals surface area (Å²) in [5.74, 6) is -0.141. The van der Waals surface area contributed by atoms with Gasteiger partial charge in [-0.3, -0.25) is 20.6 Å². The molecule has 0 unspecified atom stereocenters. The summed E-state index contributed by atoms with van der Waals surface area (Å²) >= 11 is 11.9. The van der Waals surface area contributed by atoms with Crippen LogP contribution in [0, 0.1) is 0 Å². The van der Waals surface area contributed by atoms with Gasteiger partial charge in [0.25, 0.3) is 0 Å². The van der Waals surface area contributed by atoms with Crippen LogP contribution in [0.3, 0.4) is 0 Å². The predicted molar refractivity (Wildman–Crippen MR) is 80.8 cm³/mol. The number of amides is 1. The first-order chi connectivity index (χ1) is 9.66. The van der Waals surface area contributed by atoms with E-state index in [1.165, 1.54) is 12.4 Å². The van der Waals surface area contributed by atoms with E-state index in [0.717, 1.165) is 5.56 Å². The lowest BCUT2D eigenvalue weighted by Gasteiger charge is -2.11. The van der Waals surface area contributed by atoms with Gasteiger partial charge in [-0.05, 0) is 12.0 Å². The van der Waals surface area contributed by atoms with Gasteiger partial charge in [0.05, 0.1) is 15.7 Å². The van der Waals surface area contributed by atoms with Crippen molar-refractivity contribution in [2.75, 3.05) is 5.43 Å². The zero-order chi connectivity index (χ0) is 14.4. The first kappa shape index (κ1) is 14.6. The van der Waals surface area contributed by atoms with Crippen LogP contribution < -0.4 is 10.9 Å². The molecule has 1 aromatic carbocycles. The molecule has 0 saturated heterocycles. The molecule has 1 heterocycles. The smallest absolute Gasteiger partial charge is 0.238 e. The molecule has 2 aromatic rings. The topological polar surface area (TPSA) is 54.0 Å². The van der Waals surface area contributed by atoms with Crippen molar-refractivity contribution in [2.45, 2.75) is 12.8 Å². The maximum Gasteiger partial charge on any atom is 0.238 e. The van der Waals surface area contributed by atoms with Crippen LogP contribution in [0.4, 0.5) is 5.69 Å². The van der Waals surface area contributed by atoms with Gasteiger partial charge in [0, 0.05) is 18.8 Å². The Kier molecular flexibility index (Phi) is 5.21. The predicted octanol–water partition coefficient (Wildman–Crippen LogP) is 3.46. The quantitative estimate of drug-likeness (QED) is 0.832. The van der Waals surface area contributed by atoms with Gasteiger partial charge in [-0.25, -0.2) is 0 Å². The fraction of sp³-hybridized carbons (Fsp3) is 0.143. The molecule has 6 heteroatoms. The molecule has 0 spiro atoms. The van der Waals surface area contributed by atoms with Gasteiger partial charge in [-0.1, -0.05) is 53.5 Å². The minimum atomic E-state index is -0.141.